The highest BCUT2D eigenvalue weighted by molar-refractivity contribution is 9.10. The van der Waals surface area contributed by atoms with E-state index in [1.165, 1.54) is 0 Å². The van der Waals surface area contributed by atoms with Crippen LogP contribution in [-0.4, -0.2) is 23.9 Å². The number of amidine groups is 1. The molecule has 1 aromatic rings. The summed E-state index contributed by atoms with van der Waals surface area (Å²) in [5, 5.41) is 8.26. The third kappa shape index (κ3) is 2.62. The molecule has 1 fully saturated rings. The van der Waals surface area contributed by atoms with Crippen molar-refractivity contribution in [2.75, 3.05) is 18.0 Å². The maximum atomic E-state index is 7.64. The van der Waals surface area contributed by atoms with Crippen LogP contribution in [0.1, 0.15) is 19.8 Å². The first-order valence-corrected chi connectivity index (χ1v) is 7.00. The number of pyridine rings is 1. The molecule has 2 heterocycles. The molecule has 0 saturated carbocycles. The fourth-order valence-electron chi connectivity index (χ4n) is 2.12. The van der Waals surface area contributed by atoms with Gasteiger partial charge in [0.1, 0.15) is 5.82 Å². The molecule has 6 heteroatoms. The smallest absolute Gasteiger partial charge is 0.142 e. The summed E-state index contributed by atoms with van der Waals surface area (Å²) < 4.78 is 0.904. The summed E-state index contributed by atoms with van der Waals surface area (Å²) in [6, 6.07) is 1.85. The van der Waals surface area contributed by atoms with Gasteiger partial charge in [0.15, 0.2) is 0 Å². The number of halogens is 2. The van der Waals surface area contributed by atoms with E-state index in [1.807, 2.05) is 6.07 Å². The molecule has 1 aliphatic rings. The molecule has 0 radical (unpaired) electrons. The van der Waals surface area contributed by atoms with E-state index < -0.39 is 0 Å². The Labute approximate surface area is 120 Å². The van der Waals surface area contributed by atoms with E-state index in [-0.39, 0.29) is 11.3 Å². The Morgan fingerprint density at radius 1 is 1.56 bits per heavy atom. The molecule has 18 heavy (non-hydrogen) atoms. The fraction of sp³-hybridized carbons (Fsp3) is 0.500. The van der Waals surface area contributed by atoms with Gasteiger partial charge in [-0.25, -0.2) is 4.98 Å². The minimum absolute atomic E-state index is 0.171. The van der Waals surface area contributed by atoms with Gasteiger partial charge < -0.3 is 10.6 Å². The van der Waals surface area contributed by atoms with Crippen LogP contribution in [0, 0.1) is 10.8 Å². The van der Waals surface area contributed by atoms with E-state index >= 15 is 0 Å². The zero-order valence-electron chi connectivity index (χ0n) is 10.2. The van der Waals surface area contributed by atoms with E-state index in [0.717, 1.165) is 36.2 Å². The van der Waals surface area contributed by atoms with Crippen molar-refractivity contribution < 1.29 is 0 Å². The van der Waals surface area contributed by atoms with Crippen molar-refractivity contribution in [2.45, 2.75) is 19.8 Å². The molecular formula is C12H16BrClN4. The topological polar surface area (TPSA) is 66.0 Å². The summed E-state index contributed by atoms with van der Waals surface area (Å²) in [6.07, 6.45) is 3.40. The quantitative estimate of drug-likeness (QED) is 0.646. The zero-order valence-corrected chi connectivity index (χ0v) is 12.6. The van der Waals surface area contributed by atoms with Crippen molar-refractivity contribution in [1.82, 2.24) is 4.98 Å². The number of nitrogens with two attached hydrogens (primary N) is 1. The number of hydrogen-bond acceptors (Lipinski definition) is 3. The molecule has 1 aromatic heterocycles. The lowest BCUT2D eigenvalue weighted by molar-refractivity contribution is 0.350. The SMILES string of the molecule is CC1(C(=N)N)CCN(c2ncc(Cl)cc2Br)CC1. The predicted molar refractivity (Wildman–Crippen MR) is 78.4 cm³/mol. The fourth-order valence-corrected chi connectivity index (χ4v) is 3.01. The summed E-state index contributed by atoms with van der Waals surface area (Å²) in [4.78, 5) is 6.56. The molecule has 98 valence electrons. The number of hydrogen-bond donors (Lipinski definition) is 2. The molecular weight excluding hydrogens is 316 g/mol. The Kier molecular flexibility index (Phi) is 3.82. The number of nitrogens with zero attached hydrogens (tertiary/aromatic N) is 2. The van der Waals surface area contributed by atoms with E-state index in [9.17, 15) is 0 Å². The van der Waals surface area contributed by atoms with Gasteiger partial charge in [0.2, 0.25) is 0 Å². The van der Waals surface area contributed by atoms with Gasteiger partial charge in [-0.1, -0.05) is 18.5 Å². The molecule has 1 aliphatic heterocycles. The highest BCUT2D eigenvalue weighted by Crippen LogP contribution is 2.35. The summed E-state index contributed by atoms with van der Waals surface area (Å²) in [7, 11) is 0. The van der Waals surface area contributed by atoms with Crippen LogP contribution < -0.4 is 10.6 Å². The molecule has 0 bridgehead atoms. The summed E-state index contributed by atoms with van der Waals surface area (Å²) in [5.74, 6) is 1.19. The van der Waals surface area contributed by atoms with Crippen LogP contribution in [0.4, 0.5) is 5.82 Å². The van der Waals surface area contributed by atoms with Gasteiger partial charge in [-0.15, -0.1) is 0 Å². The second kappa shape index (κ2) is 5.05. The Morgan fingerprint density at radius 2 is 2.17 bits per heavy atom. The highest BCUT2D eigenvalue weighted by atomic mass is 79.9. The number of nitrogens with one attached hydrogen (secondary N) is 1. The van der Waals surface area contributed by atoms with Gasteiger partial charge in [0.05, 0.1) is 15.3 Å². The molecule has 0 unspecified atom stereocenters. The van der Waals surface area contributed by atoms with E-state index in [0.29, 0.717) is 5.02 Å². The van der Waals surface area contributed by atoms with Gasteiger partial charge in [0.25, 0.3) is 0 Å². The maximum absolute atomic E-state index is 7.64. The van der Waals surface area contributed by atoms with Gasteiger partial charge in [-0.05, 0) is 34.8 Å². The van der Waals surface area contributed by atoms with Crippen molar-refractivity contribution in [3.63, 3.8) is 0 Å². The molecule has 0 aromatic carbocycles. The van der Waals surface area contributed by atoms with Crippen molar-refractivity contribution in [3.8, 4) is 0 Å². The van der Waals surface area contributed by atoms with Crippen LogP contribution in [-0.2, 0) is 0 Å². The second-order valence-corrected chi connectivity index (χ2v) is 6.21. The number of aromatic nitrogens is 1. The molecule has 0 aliphatic carbocycles. The first-order valence-electron chi connectivity index (χ1n) is 5.83. The summed E-state index contributed by atoms with van der Waals surface area (Å²) >= 11 is 9.37. The number of piperidine rings is 1. The lowest BCUT2D eigenvalue weighted by atomic mass is 9.79. The standard InChI is InChI=1S/C12H16BrClN4/c1-12(11(15)16)2-4-18(5-3-12)10-9(13)6-8(14)7-17-10/h6-7H,2-5H2,1H3,(H3,15,16). The van der Waals surface area contributed by atoms with Crippen LogP contribution in [0.25, 0.3) is 0 Å². The third-order valence-electron chi connectivity index (χ3n) is 3.61. The molecule has 2 rings (SSSR count). The predicted octanol–water partition coefficient (Wildman–Crippen LogP) is 3.04. The lowest BCUT2D eigenvalue weighted by Crippen LogP contribution is -2.45. The van der Waals surface area contributed by atoms with Crippen molar-refractivity contribution in [2.24, 2.45) is 11.1 Å². The van der Waals surface area contributed by atoms with Crippen LogP contribution in [0.5, 0.6) is 0 Å². The average molecular weight is 332 g/mol. The Morgan fingerprint density at radius 3 is 2.67 bits per heavy atom. The lowest BCUT2D eigenvalue weighted by Gasteiger charge is -2.39. The maximum Gasteiger partial charge on any atom is 0.142 e. The Balaban J connectivity index is 2.12. The minimum Gasteiger partial charge on any atom is -0.387 e. The van der Waals surface area contributed by atoms with Crippen LogP contribution in [0.15, 0.2) is 16.7 Å². The van der Waals surface area contributed by atoms with Crippen molar-refractivity contribution in [3.05, 3.63) is 21.8 Å². The van der Waals surface area contributed by atoms with Gasteiger partial charge >= 0.3 is 0 Å². The van der Waals surface area contributed by atoms with Crippen LogP contribution >= 0.6 is 27.5 Å². The first kappa shape index (κ1) is 13.6. The molecule has 4 nitrogen and oxygen atoms in total. The Bertz CT molecular complexity index is 469. The van der Waals surface area contributed by atoms with Crippen molar-refractivity contribution >= 4 is 39.2 Å². The summed E-state index contributed by atoms with van der Waals surface area (Å²) in [6.45, 7) is 3.75. The van der Waals surface area contributed by atoms with Gasteiger partial charge in [0, 0.05) is 24.7 Å². The first-order chi connectivity index (χ1) is 8.42. The van der Waals surface area contributed by atoms with E-state index in [1.54, 1.807) is 6.20 Å². The van der Waals surface area contributed by atoms with E-state index in [2.05, 4.69) is 32.7 Å². The summed E-state index contributed by atoms with van der Waals surface area (Å²) in [5.41, 5.74) is 5.49. The van der Waals surface area contributed by atoms with Crippen molar-refractivity contribution in [1.29, 1.82) is 5.41 Å². The van der Waals surface area contributed by atoms with E-state index in [4.69, 9.17) is 22.7 Å². The Hall–Kier alpha value is -0.810. The molecule has 1 saturated heterocycles. The van der Waals surface area contributed by atoms with Crippen LogP contribution in [0.3, 0.4) is 0 Å². The number of anilines is 1. The molecule has 0 amide bonds. The number of rotatable bonds is 2. The zero-order chi connectivity index (χ0) is 13.3. The average Bonchev–Trinajstić information content (AvgIpc) is 2.31. The molecule has 0 spiro atoms. The largest absolute Gasteiger partial charge is 0.387 e. The third-order valence-corrected chi connectivity index (χ3v) is 4.40. The normalized spacial score (nSPS) is 18.7. The second-order valence-electron chi connectivity index (χ2n) is 4.92. The minimum atomic E-state index is -0.171. The van der Waals surface area contributed by atoms with Gasteiger partial charge in [-0.2, -0.15) is 0 Å². The molecule has 3 N–H and O–H groups in total. The van der Waals surface area contributed by atoms with Gasteiger partial charge in [-0.3, -0.25) is 5.41 Å². The van der Waals surface area contributed by atoms with Crippen LogP contribution in [0.2, 0.25) is 5.02 Å². The monoisotopic (exact) mass is 330 g/mol. The highest BCUT2D eigenvalue weighted by Gasteiger charge is 2.33. The molecule has 0 atom stereocenters.